The average Bonchev–Trinajstić information content (AvgIpc) is 2.90. The number of benzene rings is 3. The Kier molecular flexibility index (Phi) is 10.2. The van der Waals surface area contributed by atoms with Crippen molar-refractivity contribution in [1.82, 2.24) is 10.2 Å². The molecule has 0 spiro atoms. The molecule has 39 heavy (non-hydrogen) atoms. The van der Waals surface area contributed by atoms with Crippen molar-refractivity contribution in [2.45, 2.75) is 58.0 Å². The monoisotopic (exact) mass is 569 g/mol. The zero-order chi connectivity index (χ0) is 28.7. The van der Waals surface area contributed by atoms with Crippen molar-refractivity contribution < 1.29 is 18.0 Å². The van der Waals surface area contributed by atoms with E-state index in [1.165, 1.54) is 17.0 Å². The largest absolute Gasteiger partial charge is 0.355 e. The van der Waals surface area contributed by atoms with Gasteiger partial charge in [-0.3, -0.25) is 13.9 Å². The molecule has 3 aromatic rings. The molecule has 0 heterocycles. The molecule has 208 valence electrons. The number of carbonyl (C=O) groups is 2. The first-order chi connectivity index (χ1) is 18.4. The third-order valence-corrected chi connectivity index (χ3v) is 8.52. The average molecular weight is 570 g/mol. The van der Waals surface area contributed by atoms with Gasteiger partial charge in [-0.2, -0.15) is 0 Å². The fourth-order valence-electron chi connectivity index (χ4n) is 4.13. The Hall–Kier alpha value is -3.36. The summed E-state index contributed by atoms with van der Waals surface area (Å²) < 4.78 is 28.9. The quantitative estimate of drug-likeness (QED) is 0.329. The molecule has 0 aliphatic carbocycles. The highest BCUT2D eigenvalue weighted by molar-refractivity contribution is 7.92. The fraction of sp³-hybridized carbons (Fsp3) is 0.333. The number of aryl methyl sites for hydroxylation is 1. The van der Waals surface area contributed by atoms with E-state index in [0.29, 0.717) is 17.3 Å². The first-order valence-electron chi connectivity index (χ1n) is 12.9. The maximum atomic E-state index is 13.9. The number of hydrogen-bond donors (Lipinski definition) is 1. The molecule has 7 nitrogen and oxygen atoms in total. The summed E-state index contributed by atoms with van der Waals surface area (Å²) in [5, 5.41) is 3.25. The molecule has 0 aliphatic heterocycles. The van der Waals surface area contributed by atoms with Gasteiger partial charge < -0.3 is 10.2 Å². The minimum atomic E-state index is -4.10. The summed E-state index contributed by atoms with van der Waals surface area (Å²) >= 11 is 6.17. The lowest BCUT2D eigenvalue weighted by Crippen LogP contribution is -2.51. The summed E-state index contributed by atoms with van der Waals surface area (Å²) in [5.74, 6) is -0.589. The summed E-state index contributed by atoms with van der Waals surface area (Å²) in [5.41, 5.74) is 3.05. The van der Waals surface area contributed by atoms with Crippen LogP contribution in [0.15, 0.2) is 77.7 Å². The first-order valence-corrected chi connectivity index (χ1v) is 14.8. The molecular formula is C30H36ClN3O4S. The molecular weight excluding hydrogens is 534 g/mol. The van der Waals surface area contributed by atoms with E-state index >= 15 is 0 Å². The number of hydrogen-bond acceptors (Lipinski definition) is 4. The third kappa shape index (κ3) is 7.61. The lowest BCUT2D eigenvalue weighted by molar-refractivity contribution is -0.139. The van der Waals surface area contributed by atoms with Crippen LogP contribution in [0.25, 0.3) is 0 Å². The van der Waals surface area contributed by atoms with Gasteiger partial charge in [0, 0.05) is 18.1 Å². The Balaban J connectivity index is 2.04. The number of nitrogens with one attached hydrogen (secondary N) is 1. The van der Waals surface area contributed by atoms with E-state index < -0.39 is 28.5 Å². The van der Waals surface area contributed by atoms with Crippen molar-refractivity contribution in [3.8, 4) is 0 Å². The number of nitrogens with zero attached hydrogens (tertiary/aromatic N) is 2. The second-order valence-electron chi connectivity index (χ2n) is 9.79. The number of carbonyl (C=O) groups excluding carboxylic acids is 2. The Labute approximate surface area is 236 Å². The summed E-state index contributed by atoms with van der Waals surface area (Å²) in [6.07, 6.45) is 0. The predicted octanol–water partition coefficient (Wildman–Crippen LogP) is 5.52. The van der Waals surface area contributed by atoms with Crippen LogP contribution < -0.4 is 9.62 Å². The van der Waals surface area contributed by atoms with E-state index in [9.17, 15) is 18.0 Å². The van der Waals surface area contributed by atoms with Crippen molar-refractivity contribution >= 4 is 39.1 Å². The Morgan fingerprint density at radius 2 is 1.59 bits per heavy atom. The van der Waals surface area contributed by atoms with E-state index in [2.05, 4.69) is 19.2 Å². The molecule has 0 fully saturated rings. The van der Waals surface area contributed by atoms with Crippen LogP contribution in [-0.4, -0.2) is 44.3 Å². The van der Waals surface area contributed by atoms with Crippen LogP contribution in [0.1, 0.15) is 50.3 Å². The normalized spacial score (nSPS) is 12.2. The van der Waals surface area contributed by atoms with Crippen LogP contribution in [0.5, 0.6) is 0 Å². The maximum Gasteiger partial charge on any atom is 0.264 e. The number of anilines is 1. The highest BCUT2D eigenvalue weighted by Gasteiger charge is 2.32. The summed E-state index contributed by atoms with van der Waals surface area (Å²) in [7, 11) is -4.10. The van der Waals surface area contributed by atoms with Crippen LogP contribution in [-0.2, 0) is 26.2 Å². The van der Waals surface area contributed by atoms with E-state index in [0.717, 1.165) is 21.0 Å². The van der Waals surface area contributed by atoms with Gasteiger partial charge in [-0.05, 0) is 74.2 Å². The predicted molar refractivity (Wildman–Crippen MR) is 156 cm³/mol. The molecule has 1 atom stereocenters. The molecule has 0 saturated heterocycles. The van der Waals surface area contributed by atoms with Crippen LogP contribution in [0.4, 0.5) is 5.69 Å². The molecule has 3 aromatic carbocycles. The van der Waals surface area contributed by atoms with Gasteiger partial charge >= 0.3 is 0 Å². The van der Waals surface area contributed by atoms with Crippen molar-refractivity contribution in [1.29, 1.82) is 0 Å². The van der Waals surface area contributed by atoms with Gasteiger partial charge in [-0.25, -0.2) is 8.42 Å². The molecule has 0 unspecified atom stereocenters. The smallest absolute Gasteiger partial charge is 0.264 e. The standard InChI is InChI=1S/C30H36ClN3O4S/c1-6-32-30(36)23(5)33(19-24-8-7-9-26(31)18-24)29(35)20-34(27-14-12-25(13-15-27)21(2)3)39(37,38)28-16-10-22(4)11-17-28/h7-18,21,23H,6,19-20H2,1-5H3,(H,32,36)/t23-/m0/s1. The topological polar surface area (TPSA) is 86.8 Å². The maximum absolute atomic E-state index is 13.9. The lowest BCUT2D eigenvalue weighted by Gasteiger charge is -2.32. The number of likely N-dealkylation sites (N-methyl/N-ethyl adjacent to an activating group) is 1. The van der Waals surface area contributed by atoms with Gasteiger partial charge in [-0.1, -0.05) is 67.4 Å². The first kappa shape index (κ1) is 30.2. The van der Waals surface area contributed by atoms with Gasteiger partial charge in [-0.15, -0.1) is 0 Å². The molecule has 0 aliphatic rings. The molecule has 9 heteroatoms. The summed E-state index contributed by atoms with van der Waals surface area (Å²) in [6.45, 7) is 9.40. The molecule has 0 bridgehead atoms. The molecule has 0 saturated carbocycles. The highest BCUT2D eigenvalue weighted by Crippen LogP contribution is 2.27. The number of sulfonamides is 1. The minimum absolute atomic E-state index is 0.0759. The van der Waals surface area contributed by atoms with Crippen LogP contribution in [0.2, 0.25) is 5.02 Å². The van der Waals surface area contributed by atoms with Gasteiger partial charge in [0.2, 0.25) is 11.8 Å². The van der Waals surface area contributed by atoms with Crippen molar-refractivity contribution in [2.24, 2.45) is 0 Å². The zero-order valence-electron chi connectivity index (χ0n) is 23.0. The zero-order valence-corrected chi connectivity index (χ0v) is 24.6. The number of rotatable bonds is 11. The SMILES string of the molecule is CCNC(=O)[C@H](C)N(Cc1cccc(Cl)c1)C(=O)CN(c1ccc(C(C)C)cc1)S(=O)(=O)c1ccc(C)cc1. The van der Waals surface area contributed by atoms with Crippen LogP contribution >= 0.6 is 11.6 Å². The third-order valence-electron chi connectivity index (χ3n) is 6.50. The fourth-order valence-corrected chi connectivity index (χ4v) is 5.76. The van der Waals surface area contributed by atoms with E-state index in [1.807, 2.05) is 25.1 Å². The van der Waals surface area contributed by atoms with Crippen molar-refractivity contribution in [2.75, 3.05) is 17.4 Å². The van der Waals surface area contributed by atoms with E-state index in [-0.39, 0.29) is 23.3 Å². The van der Waals surface area contributed by atoms with Crippen molar-refractivity contribution in [3.05, 3.63) is 94.5 Å². The number of amides is 2. The molecule has 1 N–H and O–H groups in total. The van der Waals surface area contributed by atoms with Gasteiger partial charge in [0.15, 0.2) is 0 Å². The summed E-state index contributed by atoms with van der Waals surface area (Å²) in [4.78, 5) is 28.1. The Morgan fingerprint density at radius 1 is 0.949 bits per heavy atom. The van der Waals surface area contributed by atoms with Gasteiger partial charge in [0.1, 0.15) is 12.6 Å². The second kappa shape index (κ2) is 13.1. The molecule has 2 amide bonds. The van der Waals surface area contributed by atoms with Gasteiger partial charge in [0.05, 0.1) is 10.6 Å². The molecule has 0 aromatic heterocycles. The summed E-state index contributed by atoms with van der Waals surface area (Å²) in [6, 6.07) is 19.8. The van der Waals surface area contributed by atoms with Crippen LogP contribution in [0, 0.1) is 6.92 Å². The van der Waals surface area contributed by atoms with E-state index in [4.69, 9.17) is 11.6 Å². The molecule has 0 radical (unpaired) electrons. The lowest BCUT2D eigenvalue weighted by atomic mass is 10.0. The van der Waals surface area contributed by atoms with Crippen molar-refractivity contribution in [3.63, 3.8) is 0 Å². The molecule has 3 rings (SSSR count). The van der Waals surface area contributed by atoms with Gasteiger partial charge in [0.25, 0.3) is 10.0 Å². The Morgan fingerprint density at radius 3 is 2.15 bits per heavy atom. The Bertz CT molecular complexity index is 1390. The second-order valence-corrected chi connectivity index (χ2v) is 12.1. The van der Waals surface area contributed by atoms with E-state index in [1.54, 1.807) is 56.3 Å². The van der Waals surface area contributed by atoms with Crippen LogP contribution in [0.3, 0.4) is 0 Å². The minimum Gasteiger partial charge on any atom is -0.355 e. The number of halogens is 1. The highest BCUT2D eigenvalue weighted by atomic mass is 35.5.